The van der Waals surface area contributed by atoms with Crippen LogP contribution >= 0.6 is 0 Å². The van der Waals surface area contributed by atoms with Crippen LogP contribution in [0.1, 0.15) is 45.4 Å². The fourth-order valence-corrected chi connectivity index (χ4v) is 2.53. The molecule has 0 aromatic carbocycles. The Balaban J connectivity index is 1.80. The first-order valence-corrected chi connectivity index (χ1v) is 6.83. The molecule has 2 fully saturated rings. The highest BCUT2D eigenvalue weighted by Crippen LogP contribution is 2.27. The van der Waals surface area contributed by atoms with Crippen molar-refractivity contribution in [2.75, 3.05) is 19.6 Å². The lowest BCUT2D eigenvalue weighted by molar-refractivity contribution is -0.127. The lowest BCUT2D eigenvalue weighted by Crippen LogP contribution is -2.50. The van der Waals surface area contributed by atoms with E-state index in [1.165, 1.54) is 25.7 Å². The predicted octanol–water partition coefficient (Wildman–Crippen LogP) is 1.78. The van der Waals surface area contributed by atoms with Gasteiger partial charge in [-0.15, -0.1) is 0 Å². The third-order valence-electron chi connectivity index (χ3n) is 3.69. The molecule has 1 aliphatic heterocycles. The Kier molecular flexibility index (Phi) is 4.22. The molecule has 1 saturated carbocycles. The summed E-state index contributed by atoms with van der Waals surface area (Å²) in [6, 6.07) is 0.160. The average molecular weight is 224 g/mol. The van der Waals surface area contributed by atoms with Gasteiger partial charge in [0.05, 0.1) is 6.04 Å². The quantitative estimate of drug-likeness (QED) is 0.772. The van der Waals surface area contributed by atoms with Crippen LogP contribution in [0.2, 0.25) is 0 Å². The number of nitrogens with one attached hydrogen (secondary N) is 1. The van der Waals surface area contributed by atoms with Crippen molar-refractivity contribution < 1.29 is 4.79 Å². The van der Waals surface area contributed by atoms with Crippen molar-refractivity contribution in [2.45, 2.75) is 51.5 Å². The van der Waals surface area contributed by atoms with Gasteiger partial charge >= 0.3 is 0 Å². The first-order valence-electron chi connectivity index (χ1n) is 6.83. The predicted molar refractivity (Wildman–Crippen MR) is 65.2 cm³/mol. The maximum Gasteiger partial charge on any atom is 0.237 e. The summed E-state index contributed by atoms with van der Waals surface area (Å²) in [6.07, 6.45) is 7.28. The minimum atomic E-state index is 0.160. The number of carbonyl (C=O) groups excluding carboxylic acids is 1. The fourth-order valence-electron chi connectivity index (χ4n) is 2.53. The second-order valence-electron chi connectivity index (χ2n) is 5.24. The molecule has 0 spiro atoms. The van der Waals surface area contributed by atoms with E-state index in [4.69, 9.17) is 0 Å². The van der Waals surface area contributed by atoms with Crippen LogP contribution in [0, 0.1) is 5.92 Å². The van der Waals surface area contributed by atoms with Crippen molar-refractivity contribution in [1.82, 2.24) is 10.2 Å². The zero-order valence-electron chi connectivity index (χ0n) is 10.4. The molecular weight excluding hydrogens is 200 g/mol. The van der Waals surface area contributed by atoms with Gasteiger partial charge in [0.1, 0.15) is 0 Å². The molecule has 92 valence electrons. The fraction of sp³-hybridized carbons (Fsp3) is 0.923. The van der Waals surface area contributed by atoms with E-state index >= 15 is 0 Å². The van der Waals surface area contributed by atoms with Crippen LogP contribution in [0.25, 0.3) is 0 Å². The van der Waals surface area contributed by atoms with Crippen LogP contribution in [0.4, 0.5) is 0 Å². The number of nitrogens with zero attached hydrogens (tertiary/aromatic N) is 1. The zero-order chi connectivity index (χ0) is 11.4. The third kappa shape index (κ3) is 3.21. The largest absolute Gasteiger partial charge is 0.354 e. The maximum atomic E-state index is 12.1. The van der Waals surface area contributed by atoms with E-state index < -0.39 is 0 Å². The molecule has 2 rings (SSSR count). The van der Waals surface area contributed by atoms with Gasteiger partial charge in [-0.05, 0) is 51.1 Å². The first kappa shape index (κ1) is 11.9. The lowest BCUT2D eigenvalue weighted by atomic mass is 10.0. The highest BCUT2D eigenvalue weighted by molar-refractivity contribution is 5.81. The molecule has 2 aliphatic rings. The Morgan fingerprint density at radius 1 is 1.31 bits per heavy atom. The van der Waals surface area contributed by atoms with Crippen molar-refractivity contribution in [3.8, 4) is 0 Å². The summed E-state index contributed by atoms with van der Waals surface area (Å²) < 4.78 is 0. The molecule has 1 unspecified atom stereocenters. The molecule has 3 heteroatoms. The molecule has 1 heterocycles. The number of carbonyl (C=O) groups is 1. The highest BCUT2D eigenvalue weighted by atomic mass is 16.2. The SMILES string of the molecule is CCCN1CCCCC1C(=O)NCC1CC1. The van der Waals surface area contributed by atoms with Gasteiger partial charge < -0.3 is 5.32 Å². The lowest BCUT2D eigenvalue weighted by Gasteiger charge is -2.34. The summed E-state index contributed by atoms with van der Waals surface area (Å²) in [5.41, 5.74) is 0. The topological polar surface area (TPSA) is 32.3 Å². The summed E-state index contributed by atoms with van der Waals surface area (Å²) in [6.45, 7) is 5.28. The van der Waals surface area contributed by atoms with Gasteiger partial charge in [-0.25, -0.2) is 0 Å². The number of piperidine rings is 1. The van der Waals surface area contributed by atoms with Crippen molar-refractivity contribution in [2.24, 2.45) is 5.92 Å². The smallest absolute Gasteiger partial charge is 0.237 e. The number of likely N-dealkylation sites (tertiary alicyclic amines) is 1. The van der Waals surface area contributed by atoms with Gasteiger partial charge in [0, 0.05) is 6.54 Å². The van der Waals surface area contributed by atoms with Crippen LogP contribution < -0.4 is 5.32 Å². The van der Waals surface area contributed by atoms with Crippen molar-refractivity contribution in [3.63, 3.8) is 0 Å². The number of rotatable bonds is 5. The number of hydrogen-bond acceptors (Lipinski definition) is 2. The van der Waals surface area contributed by atoms with Gasteiger partial charge in [-0.2, -0.15) is 0 Å². The van der Waals surface area contributed by atoms with Crippen LogP contribution in [0.3, 0.4) is 0 Å². The summed E-state index contributed by atoms with van der Waals surface area (Å²) in [7, 11) is 0. The Morgan fingerprint density at radius 2 is 2.12 bits per heavy atom. The minimum Gasteiger partial charge on any atom is -0.354 e. The zero-order valence-corrected chi connectivity index (χ0v) is 10.4. The average Bonchev–Trinajstić information content (AvgIpc) is 3.11. The number of amides is 1. The molecule has 0 radical (unpaired) electrons. The summed E-state index contributed by atoms with van der Waals surface area (Å²) in [5, 5.41) is 3.12. The van der Waals surface area contributed by atoms with Crippen molar-refractivity contribution in [1.29, 1.82) is 0 Å². The molecule has 1 atom stereocenters. The van der Waals surface area contributed by atoms with E-state index in [1.54, 1.807) is 0 Å². The molecule has 16 heavy (non-hydrogen) atoms. The molecule has 0 bridgehead atoms. The molecule has 1 amide bonds. The van der Waals surface area contributed by atoms with E-state index in [0.717, 1.165) is 38.4 Å². The molecule has 1 N–H and O–H groups in total. The molecule has 1 aliphatic carbocycles. The third-order valence-corrected chi connectivity index (χ3v) is 3.69. The normalized spacial score (nSPS) is 26.7. The van der Waals surface area contributed by atoms with Crippen LogP contribution in [-0.4, -0.2) is 36.5 Å². The monoisotopic (exact) mass is 224 g/mol. The second kappa shape index (κ2) is 5.67. The number of hydrogen-bond donors (Lipinski definition) is 1. The van der Waals surface area contributed by atoms with Gasteiger partial charge in [-0.1, -0.05) is 13.3 Å². The molecule has 1 saturated heterocycles. The van der Waals surface area contributed by atoms with Gasteiger partial charge in [0.25, 0.3) is 0 Å². The Hall–Kier alpha value is -0.570. The minimum absolute atomic E-state index is 0.160. The first-order chi connectivity index (χ1) is 7.81. The maximum absolute atomic E-state index is 12.1. The van der Waals surface area contributed by atoms with Gasteiger partial charge in [0.15, 0.2) is 0 Å². The Morgan fingerprint density at radius 3 is 2.81 bits per heavy atom. The van der Waals surface area contributed by atoms with Crippen LogP contribution in [-0.2, 0) is 4.79 Å². The molecule has 0 aromatic rings. The van der Waals surface area contributed by atoms with Crippen molar-refractivity contribution in [3.05, 3.63) is 0 Å². The Labute approximate surface area is 98.6 Å². The van der Waals surface area contributed by atoms with E-state index in [1.807, 2.05) is 0 Å². The van der Waals surface area contributed by atoms with Crippen LogP contribution in [0.5, 0.6) is 0 Å². The van der Waals surface area contributed by atoms with Crippen molar-refractivity contribution >= 4 is 5.91 Å². The molecule has 3 nitrogen and oxygen atoms in total. The Bertz CT molecular complexity index is 236. The summed E-state index contributed by atoms with van der Waals surface area (Å²) in [5.74, 6) is 1.06. The second-order valence-corrected chi connectivity index (χ2v) is 5.24. The highest BCUT2D eigenvalue weighted by Gasteiger charge is 2.29. The van der Waals surface area contributed by atoms with E-state index in [0.29, 0.717) is 0 Å². The van der Waals surface area contributed by atoms with Crippen LogP contribution in [0.15, 0.2) is 0 Å². The summed E-state index contributed by atoms with van der Waals surface area (Å²) in [4.78, 5) is 14.4. The van der Waals surface area contributed by atoms with E-state index in [9.17, 15) is 4.79 Å². The molecular formula is C13H24N2O. The standard InChI is InChI=1S/C13H24N2O/c1-2-8-15-9-4-3-5-12(15)13(16)14-10-11-6-7-11/h11-12H,2-10H2,1H3,(H,14,16). The van der Waals surface area contributed by atoms with Gasteiger partial charge in [-0.3, -0.25) is 9.69 Å². The summed E-state index contributed by atoms with van der Waals surface area (Å²) >= 11 is 0. The molecule has 0 aromatic heterocycles. The van der Waals surface area contributed by atoms with E-state index in [2.05, 4.69) is 17.1 Å². The van der Waals surface area contributed by atoms with Gasteiger partial charge in [0.2, 0.25) is 5.91 Å². The van der Waals surface area contributed by atoms with E-state index in [-0.39, 0.29) is 11.9 Å².